The Hall–Kier alpha value is -0.180. The van der Waals surface area contributed by atoms with Gasteiger partial charge in [0.25, 0.3) is 20.2 Å². The fourth-order valence-electron chi connectivity index (χ4n) is 1.42. The van der Waals surface area contributed by atoms with Gasteiger partial charge in [-0.15, -0.1) is 0 Å². The summed E-state index contributed by atoms with van der Waals surface area (Å²) in [6.07, 6.45) is 7.15. The third-order valence-electron chi connectivity index (χ3n) is 2.51. The highest BCUT2D eigenvalue weighted by atomic mass is 32.2. The summed E-state index contributed by atoms with van der Waals surface area (Å²) in [5.74, 6) is -0.181. The van der Waals surface area contributed by atoms with Crippen LogP contribution in [0, 0.1) is 0 Å². The van der Waals surface area contributed by atoms with E-state index in [0.717, 1.165) is 38.5 Å². The molecule has 0 unspecified atom stereocenters. The van der Waals surface area contributed by atoms with Crippen molar-refractivity contribution >= 4 is 20.2 Å². The number of unbranched alkanes of at least 4 members (excludes halogenated alkanes) is 6. The molecule has 20 heavy (non-hydrogen) atoms. The van der Waals surface area contributed by atoms with Crippen LogP contribution in [0.15, 0.2) is 0 Å². The molecule has 0 aromatic carbocycles. The SMILES string of the molecule is CCCCCCS(=O)(=O)O.CCCCCCS(=O)(=O)O. The smallest absolute Gasteiger partial charge is 0.264 e. The van der Waals surface area contributed by atoms with Crippen LogP contribution >= 0.6 is 0 Å². The Morgan fingerprint density at radius 1 is 0.600 bits per heavy atom. The van der Waals surface area contributed by atoms with E-state index in [1.54, 1.807) is 0 Å². The Bertz CT molecular complexity index is 360. The Labute approximate surface area is 123 Å². The highest BCUT2D eigenvalue weighted by molar-refractivity contribution is 7.86. The first-order valence-electron chi connectivity index (χ1n) is 7.02. The van der Waals surface area contributed by atoms with Crippen molar-refractivity contribution in [2.24, 2.45) is 0 Å². The molecule has 124 valence electrons. The third-order valence-corrected chi connectivity index (χ3v) is 4.12. The van der Waals surface area contributed by atoms with E-state index >= 15 is 0 Å². The lowest BCUT2D eigenvalue weighted by Crippen LogP contribution is -2.03. The van der Waals surface area contributed by atoms with Crippen LogP contribution in [-0.2, 0) is 20.2 Å². The van der Waals surface area contributed by atoms with Crippen LogP contribution < -0.4 is 0 Å². The third kappa shape index (κ3) is 26.4. The molecule has 0 aliphatic heterocycles. The minimum atomic E-state index is -3.70. The molecule has 0 saturated carbocycles. The molecule has 0 rings (SSSR count). The lowest BCUT2D eigenvalue weighted by molar-refractivity contribution is 0.477. The molecule has 0 amide bonds. The second-order valence-electron chi connectivity index (χ2n) is 4.69. The summed E-state index contributed by atoms with van der Waals surface area (Å²) in [6, 6.07) is 0. The Kier molecular flexibility index (Phi) is 13.9. The first kappa shape index (κ1) is 22.1. The second-order valence-corrected chi connectivity index (χ2v) is 7.84. The minimum absolute atomic E-state index is 0.0903. The topological polar surface area (TPSA) is 109 Å². The standard InChI is InChI=1S/2C6H14O3S/c2*1-2-3-4-5-6-10(7,8)9/h2*2-6H2,1H3,(H,7,8,9). The van der Waals surface area contributed by atoms with Crippen LogP contribution in [0.1, 0.15) is 65.2 Å². The van der Waals surface area contributed by atoms with Gasteiger partial charge >= 0.3 is 0 Å². The summed E-state index contributed by atoms with van der Waals surface area (Å²) in [5, 5.41) is 0. The summed E-state index contributed by atoms with van der Waals surface area (Å²) in [7, 11) is -7.41. The van der Waals surface area contributed by atoms with Gasteiger partial charge in [-0.2, -0.15) is 16.8 Å². The maximum atomic E-state index is 10.1. The average Bonchev–Trinajstić information content (AvgIpc) is 2.29. The predicted octanol–water partition coefficient (Wildman–Crippen LogP) is 2.91. The van der Waals surface area contributed by atoms with Crippen LogP contribution in [0.2, 0.25) is 0 Å². The van der Waals surface area contributed by atoms with Crippen LogP contribution in [-0.4, -0.2) is 37.4 Å². The van der Waals surface area contributed by atoms with Crippen LogP contribution in [0.4, 0.5) is 0 Å². The quantitative estimate of drug-likeness (QED) is 0.470. The monoisotopic (exact) mass is 332 g/mol. The van der Waals surface area contributed by atoms with Gasteiger partial charge in [0.2, 0.25) is 0 Å². The molecule has 2 N–H and O–H groups in total. The molecule has 6 nitrogen and oxygen atoms in total. The summed E-state index contributed by atoms with van der Waals surface area (Å²) >= 11 is 0. The van der Waals surface area contributed by atoms with Crippen molar-refractivity contribution in [1.82, 2.24) is 0 Å². The van der Waals surface area contributed by atoms with E-state index in [0.29, 0.717) is 12.8 Å². The van der Waals surface area contributed by atoms with Gasteiger partial charge in [-0.25, -0.2) is 0 Å². The van der Waals surface area contributed by atoms with E-state index < -0.39 is 20.2 Å². The number of hydrogen-bond donors (Lipinski definition) is 2. The van der Waals surface area contributed by atoms with Crippen molar-refractivity contribution in [3.05, 3.63) is 0 Å². The second kappa shape index (κ2) is 12.6. The molecule has 0 heterocycles. The van der Waals surface area contributed by atoms with Crippen molar-refractivity contribution in [1.29, 1.82) is 0 Å². The van der Waals surface area contributed by atoms with Crippen LogP contribution in [0.25, 0.3) is 0 Å². The molecule has 0 aliphatic rings. The van der Waals surface area contributed by atoms with Crippen LogP contribution in [0.5, 0.6) is 0 Å². The predicted molar refractivity (Wildman–Crippen MR) is 81.1 cm³/mol. The molecule has 0 aromatic rings. The Balaban J connectivity index is 0. The van der Waals surface area contributed by atoms with E-state index in [1.165, 1.54) is 0 Å². The van der Waals surface area contributed by atoms with Crippen molar-refractivity contribution < 1.29 is 25.9 Å². The van der Waals surface area contributed by atoms with Gasteiger partial charge in [0, 0.05) is 0 Å². The fourth-order valence-corrected chi connectivity index (χ4v) is 2.56. The summed E-state index contributed by atoms with van der Waals surface area (Å²) in [6.45, 7) is 4.10. The summed E-state index contributed by atoms with van der Waals surface area (Å²) in [4.78, 5) is 0. The Morgan fingerprint density at radius 3 is 1.10 bits per heavy atom. The van der Waals surface area contributed by atoms with Gasteiger partial charge < -0.3 is 0 Å². The first-order valence-corrected chi connectivity index (χ1v) is 10.2. The highest BCUT2D eigenvalue weighted by Crippen LogP contribution is 2.00. The van der Waals surface area contributed by atoms with Crippen molar-refractivity contribution in [3.8, 4) is 0 Å². The maximum absolute atomic E-state index is 10.1. The fraction of sp³-hybridized carbons (Fsp3) is 1.00. The van der Waals surface area contributed by atoms with Gasteiger partial charge in [0.05, 0.1) is 11.5 Å². The number of hydrogen-bond acceptors (Lipinski definition) is 4. The maximum Gasteiger partial charge on any atom is 0.264 e. The molecule has 0 aliphatic carbocycles. The van der Waals surface area contributed by atoms with Gasteiger partial charge in [-0.3, -0.25) is 9.11 Å². The number of rotatable bonds is 10. The molecule has 0 fully saturated rings. The van der Waals surface area contributed by atoms with Gasteiger partial charge in [-0.1, -0.05) is 52.4 Å². The molecule has 0 aromatic heterocycles. The van der Waals surface area contributed by atoms with E-state index in [1.807, 2.05) is 13.8 Å². The molecule has 0 saturated heterocycles. The lowest BCUT2D eigenvalue weighted by Gasteiger charge is -1.95. The van der Waals surface area contributed by atoms with Gasteiger partial charge in [0.1, 0.15) is 0 Å². The van der Waals surface area contributed by atoms with E-state index in [-0.39, 0.29) is 11.5 Å². The molecule has 8 heteroatoms. The summed E-state index contributed by atoms with van der Waals surface area (Å²) in [5.41, 5.74) is 0. The van der Waals surface area contributed by atoms with Crippen molar-refractivity contribution in [3.63, 3.8) is 0 Å². The largest absolute Gasteiger partial charge is 0.286 e. The van der Waals surface area contributed by atoms with Gasteiger partial charge in [0.15, 0.2) is 0 Å². The molecule has 0 atom stereocenters. The summed E-state index contributed by atoms with van der Waals surface area (Å²) < 4.78 is 57.2. The zero-order chi connectivity index (χ0) is 16.1. The minimum Gasteiger partial charge on any atom is -0.286 e. The Morgan fingerprint density at radius 2 is 0.900 bits per heavy atom. The molecule has 0 bridgehead atoms. The molecule has 0 radical (unpaired) electrons. The van der Waals surface area contributed by atoms with E-state index in [4.69, 9.17) is 9.11 Å². The van der Waals surface area contributed by atoms with Crippen molar-refractivity contribution in [2.45, 2.75) is 65.2 Å². The lowest BCUT2D eigenvalue weighted by atomic mass is 10.2. The average molecular weight is 332 g/mol. The molecule has 0 spiro atoms. The van der Waals surface area contributed by atoms with Gasteiger partial charge in [-0.05, 0) is 12.8 Å². The molecular weight excluding hydrogens is 304 g/mol. The molecular formula is C12H28O6S2. The van der Waals surface area contributed by atoms with Crippen molar-refractivity contribution in [2.75, 3.05) is 11.5 Å². The zero-order valence-electron chi connectivity index (χ0n) is 12.4. The van der Waals surface area contributed by atoms with E-state index in [2.05, 4.69) is 0 Å². The first-order chi connectivity index (χ1) is 9.12. The van der Waals surface area contributed by atoms with Crippen LogP contribution in [0.3, 0.4) is 0 Å². The zero-order valence-corrected chi connectivity index (χ0v) is 14.0. The highest BCUT2D eigenvalue weighted by Gasteiger charge is 2.02. The van der Waals surface area contributed by atoms with E-state index in [9.17, 15) is 16.8 Å². The normalized spacial score (nSPS) is 11.8.